The summed E-state index contributed by atoms with van der Waals surface area (Å²) in [6.45, 7) is 9.82. The average Bonchev–Trinajstić information content (AvgIpc) is 2.82. The first-order valence-electron chi connectivity index (χ1n) is 9.39. The van der Waals surface area contributed by atoms with E-state index in [2.05, 4.69) is 62.9 Å². The van der Waals surface area contributed by atoms with Gasteiger partial charge in [0, 0.05) is 24.8 Å². The quantitative estimate of drug-likeness (QED) is 0.800. The van der Waals surface area contributed by atoms with Crippen molar-refractivity contribution in [3.63, 3.8) is 0 Å². The molecule has 1 aliphatic rings. The minimum absolute atomic E-state index is 0.0258. The third kappa shape index (κ3) is 5.08. The SMILES string of the molecule is C=CCc1cccc(C(C)C)c1NC(=O)N1CCCC(N(C)C)CC1. The molecule has 138 valence electrons. The molecule has 0 aromatic heterocycles. The molecule has 0 aliphatic carbocycles. The number of nitrogens with one attached hydrogen (secondary N) is 1. The van der Waals surface area contributed by atoms with Crippen LogP contribution in [0.25, 0.3) is 0 Å². The molecule has 0 saturated carbocycles. The van der Waals surface area contributed by atoms with Crippen LogP contribution in [-0.2, 0) is 6.42 Å². The second-order valence-electron chi connectivity index (χ2n) is 7.49. The molecule has 0 radical (unpaired) electrons. The molecule has 0 bridgehead atoms. The van der Waals surface area contributed by atoms with Gasteiger partial charge in [-0.3, -0.25) is 0 Å². The van der Waals surface area contributed by atoms with Crippen molar-refractivity contribution in [2.24, 2.45) is 0 Å². The van der Waals surface area contributed by atoms with Crippen molar-refractivity contribution in [3.05, 3.63) is 42.0 Å². The van der Waals surface area contributed by atoms with Crippen molar-refractivity contribution in [1.29, 1.82) is 0 Å². The summed E-state index contributed by atoms with van der Waals surface area (Å²) in [7, 11) is 4.25. The number of hydrogen-bond donors (Lipinski definition) is 1. The Morgan fingerprint density at radius 3 is 2.76 bits per heavy atom. The lowest BCUT2D eigenvalue weighted by Crippen LogP contribution is -2.37. The highest BCUT2D eigenvalue weighted by molar-refractivity contribution is 5.91. The van der Waals surface area contributed by atoms with Crippen LogP contribution in [0.4, 0.5) is 10.5 Å². The van der Waals surface area contributed by atoms with Gasteiger partial charge in [0.15, 0.2) is 0 Å². The fraction of sp³-hybridized carbons (Fsp3) is 0.571. The second-order valence-corrected chi connectivity index (χ2v) is 7.49. The van der Waals surface area contributed by atoms with Crippen LogP contribution in [-0.4, -0.2) is 49.1 Å². The monoisotopic (exact) mass is 343 g/mol. The largest absolute Gasteiger partial charge is 0.324 e. The van der Waals surface area contributed by atoms with Gasteiger partial charge in [0.05, 0.1) is 0 Å². The van der Waals surface area contributed by atoms with Crippen molar-refractivity contribution >= 4 is 11.7 Å². The maximum atomic E-state index is 12.9. The number of carbonyl (C=O) groups is 1. The lowest BCUT2D eigenvalue weighted by Gasteiger charge is -2.25. The minimum Gasteiger partial charge on any atom is -0.324 e. The lowest BCUT2D eigenvalue weighted by molar-refractivity contribution is 0.210. The van der Waals surface area contributed by atoms with Gasteiger partial charge in [-0.05, 0) is 56.8 Å². The van der Waals surface area contributed by atoms with Crippen LogP contribution >= 0.6 is 0 Å². The van der Waals surface area contributed by atoms with Crippen LogP contribution in [0.15, 0.2) is 30.9 Å². The van der Waals surface area contributed by atoms with Crippen LogP contribution < -0.4 is 5.32 Å². The van der Waals surface area contributed by atoms with Gasteiger partial charge in [0.2, 0.25) is 0 Å². The highest BCUT2D eigenvalue weighted by atomic mass is 16.2. The summed E-state index contributed by atoms with van der Waals surface area (Å²) in [4.78, 5) is 17.1. The Labute approximate surface area is 152 Å². The highest BCUT2D eigenvalue weighted by Gasteiger charge is 2.23. The summed E-state index contributed by atoms with van der Waals surface area (Å²) in [5.41, 5.74) is 3.29. The second kappa shape index (κ2) is 9.04. The molecule has 1 fully saturated rings. The molecule has 1 N–H and O–H groups in total. The molecule has 1 aromatic rings. The van der Waals surface area contributed by atoms with Crippen molar-refractivity contribution < 1.29 is 4.79 Å². The Hall–Kier alpha value is -1.81. The molecule has 1 saturated heterocycles. The first kappa shape index (κ1) is 19.5. The van der Waals surface area contributed by atoms with E-state index in [9.17, 15) is 4.79 Å². The van der Waals surface area contributed by atoms with Gasteiger partial charge >= 0.3 is 6.03 Å². The van der Waals surface area contributed by atoms with E-state index >= 15 is 0 Å². The number of allylic oxidation sites excluding steroid dienone is 1. The van der Waals surface area contributed by atoms with E-state index < -0.39 is 0 Å². The molecule has 0 spiro atoms. The number of carbonyl (C=O) groups excluding carboxylic acids is 1. The molecular weight excluding hydrogens is 310 g/mol. The van der Waals surface area contributed by atoms with Gasteiger partial charge in [-0.2, -0.15) is 0 Å². The normalized spacial score (nSPS) is 18.3. The number of hydrogen-bond acceptors (Lipinski definition) is 2. The van der Waals surface area contributed by atoms with E-state index in [0.717, 1.165) is 50.0 Å². The van der Waals surface area contributed by atoms with Crippen molar-refractivity contribution in [1.82, 2.24) is 9.80 Å². The van der Waals surface area contributed by atoms with E-state index in [0.29, 0.717) is 12.0 Å². The van der Waals surface area contributed by atoms with Crippen LogP contribution in [0, 0.1) is 0 Å². The van der Waals surface area contributed by atoms with Crippen LogP contribution in [0.2, 0.25) is 0 Å². The summed E-state index contributed by atoms with van der Waals surface area (Å²) in [5, 5.41) is 3.21. The maximum absolute atomic E-state index is 12.9. The smallest absolute Gasteiger partial charge is 0.321 e. The molecule has 4 nitrogen and oxygen atoms in total. The molecule has 2 amide bonds. The third-order valence-electron chi connectivity index (χ3n) is 5.12. The van der Waals surface area contributed by atoms with Crippen LogP contribution in [0.5, 0.6) is 0 Å². The summed E-state index contributed by atoms with van der Waals surface area (Å²) >= 11 is 0. The van der Waals surface area contributed by atoms with E-state index in [4.69, 9.17) is 0 Å². The predicted molar refractivity (Wildman–Crippen MR) is 106 cm³/mol. The highest BCUT2D eigenvalue weighted by Crippen LogP contribution is 2.29. The topological polar surface area (TPSA) is 35.6 Å². The number of para-hydroxylation sites is 1. The van der Waals surface area contributed by atoms with Crippen molar-refractivity contribution in [2.45, 2.75) is 51.5 Å². The van der Waals surface area contributed by atoms with Gasteiger partial charge in [-0.25, -0.2) is 4.79 Å². The zero-order valence-corrected chi connectivity index (χ0v) is 16.2. The Kier molecular flexibility index (Phi) is 7.06. The van der Waals surface area contributed by atoms with E-state index in [1.54, 1.807) is 0 Å². The molecule has 2 rings (SSSR count). The summed E-state index contributed by atoms with van der Waals surface area (Å²) in [5.74, 6) is 0.363. The summed E-state index contributed by atoms with van der Waals surface area (Å²) in [6, 6.07) is 6.84. The van der Waals surface area contributed by atoms with Gasteiger partial charge in [-0.15, -0.1) is 6.58 Å². The molecule has 1 aromatic carbocycles. The number of likely N-dealkylation sites (tertiary alicyclic amines) is 1. The van der Waals surface area contributed by atoms with Crippen molar-refractivity contribution in [2.75, 3.05) is 32.5 Å². The standard InChI is InChI=1S/C21H33N3O/c1-6-9-17-10-7-12-19(16(2)3)20(17)22-21(25)24-14-8-11-18(13-15-24)23(4)5/h6-7,10,12,16,18H,1,8-9,11,13-15H2,2-5H3,(H,22,25). The number of rotatable bonds is 5. The summed E-state index contributed by atoms with van der Waals surface area (Å²) in [6.07, 6.45) is 5.90. The number of amides is 2. The van der Waals surface area contributed by atoms with Gasteiger partial charge in [0.1, 0.15) is 0 Å². The first-order valence-corrected chi connectivity index (χ1v) is 9.39. The van der Waals surface area contributed by atoms with Gasteiger partial charge in [-0.1, -0.05) is 38.1 Å². The zero-order chi connectivity index (χ0) is 18.4. The Balaban J connectivity index is 2.15. The average molecular weight is 344 g/mol. The van der Waals surface area contributed by atoms with Gasteiger partial charge in [0.25, 0.3) is 0 Å². The Bertz CT molecular complexity index is 595. The number of anilines is 1. The Morgan fingerprint density at radius 2 is 2.12 bits per heavy atom. The maximum Gasteiger partial charge on any atom is 0.321 e. The molecule has 25 heavy (non-hydrogen) atoms. The first-order chi connectivity index (χ1) is 11.9. The molecule has 4 heteroatoms. The molecular formula is C21H33N3O. The number of benzene rings is 1. The van der Waals surface area contributed by atoms with Crippen LogP contribution in [0.3, 0.4) is 0 Å². The van der Waals surface area contributed by atoms with Crippen molar-refractivity contribution in [3.8, 4) is 0 Å². The predicted octanol–water partition coefficient (Wildman–Crippen LogP) is 4.49. The van der Waals surface area contributed by atoms with Gasteiger partial charge < -0.3 is 15.1 Å². The summed E-state index contributed by atoms with van der Waals surface area (Å²) < 4.78 is 0. The fourth-order valence-electron chi connectivity index (χ4n) is 3.56. The molecule has 1 atom stereocenters. The fourth-order valence-corrected chi connectivity index (χ4v) is 3.56. The molecule has 1 heterocycles. The Morgan fingerprint density at radius 1 is 1.36 bits per heavy atom. The minimum atomic E-state index is 0.0258. The molecule has 1 aliphatic heterocycles. The number of urea groups is 1. The third-order valence-corrected chi connectivity index (χ3v) is 5.12. The van der Waals surface area contributed by atoms with E-state index in [-0.39, 0.29) is 6.03 Å². The zero-order valence-electron chi connectivity index (χ0n) is 16.2. The van der Waals surface area contributed by atoms with E-state index in [1.807, 2.05) is 11.0 Å². The lowest BCUT2D eigenvalue weighted by atomic mass is 9.96. The van der Waals surface area contributed by atoms with E-state index in [1.165, 1.54) is 5.56 Å². The van der Waals surface area contributed by atoms with Crippen LogP contribution in [0.1, 0.15) is 50.2 Å². The molecule has 1 unspecified atom stereocenters. The number of nitrogens with zero attached hydrogens (tertiary/aromatic N) is 2.